The van der Waals surface area contributed by atoms with Crippen molar-refractivity contribution in [2.75, 3.05) is 0 Å². The van der Waals surface area contributed by atoms with Crippen molar-refractivity contribution in [3.8, 4) is 0 Å². The van der Waals surface area contributed by atoms with Crippen molar-refractivity contribution < 1.29 is 0 Å². The molecular weight excluding hydrogens is 410 g/mol. The number of aryl methyl sites for hydroxylation is 3. The molecule has 0 bridgehead atoms. The number of hydrogen-bond acceptors (Lipinski definition) is 1. The summed E-state index contributed by atoms with van der Waals surface area (Å²) in [6.45, 7) is 6.88. The maximum atomic E-state index is 5.05. The molecule has 1 aromatic heterocycles. The molecule has 0 saturated heterocycles. The van der Waals surface area contributed by atoms with Gasteiger partial charge in [0.1, 0.15) is 0 Å². The summed E-state index contributed by atoms with van der Waals surface area (Å²) in [5.41, 5.74) is 4.20. The van der Waals surface area contributed by atoms with E-state index in [2.05, 4.69) is 32.9 Å². The third kappa shape index (κ3) is 18.5. The normalized spacial score (nSPS) is 11.4. The highest BCUT2D eigenvalue weighted by Gasteiger charge is 2.04. The molecule has 0 atom stereocenters. The Bertz CT molecular complexity index is 505. The number of hydrogen-bond donors (Lipinski definition) is 0. The molecule has 0 aliphatic carbocycles. The van der Waals surface area contributed by atoms with Crippen molar-refractivity contribution in [1.29, 1.82) is 0 Å². The Morgan fingerprint density at radius 2 is 0.706 bits per heavy atom. The Kier molecular flexibility index (Phi) is 21.9. The fraction of sp³-hybridized carbons (Fsp3) is 0.848. The molecule has 1 rings (SSSR count). The van der Waals surface area contributed by atoms with Crippen LogP contribution in [0, 0.1) is 0 Å². The predicted octanol–water partition coefficient (Wildman–Crippen LogP) is 11.4. The van der Waals surface area contributed by atoms with Crippen LogP contribution in [0.5, 0.6) is 0 Å². The average Bonchev–Trinajstić information content (AvgIpc) is 2.85. The number of unbranched alkanes of at least 4 members (excludes halogenated alkanes) is 20. The molecule has 1 nitrogen and oxygen atoms in total. The van der Waals surface area contributed by atoms with Gasteiger partial charge in [0.2, 0.25) is 0 Å². The largest absolute Gasteiger partial charge is 0.258 e. The van der Waals surface area contributed by atoms with Gasteiger partial charge in [-0.2, -0.15) is 0 Å². The van der Waals surface area contributed by atoms with Crippen LogP contribution in [0.2, 0.25) is 0 Å². The van der Waals surface area contributed by atoms with Gasteiger partial charge in [0, 0.05) is 11.4 Å². The minimum Gasteiger partial charge on any atom is -0.258 e. The van der Waals surface area contributed by atoms with Crippen molar-refractivity contribution >= 4 is 0 Å². The third-order valence-corrected chi connectivity index (χ3v) is 7.47. The van der Waals surface area contributed by atoms with Crippen LogP contribution < -0.4 is 0 Å². The summed E-state index contributed by atoms with van der Waals surface area (Å²) < 4.78 is 0. The van der Waals surface area contributed by atoms with E-state index in [1.165, 1.54) is 171 Å². The Hall–Kier alpha value is -0.850. The molecule has 0 radical (unpaired) electrons. The van der Waals surface area contributed by atoms with Crippen LogP contribution in [0.15, 0.2) is 12.1 Å². The minimum absolute atomic E-state index is 1.14. The topological polar surface area (TPSA) is 12.9 Å². The van der Waals surface area contributed by atoms with Crippen molar-refractivity contribution in [2.24, 2.45) is 0 Å². The first-order chi connectivity index (χ1) is 16.8. The van der Waals surface area contributed by atoms with E-state index in [0.717, 1.165) is 6.42 Å². The summed E-state index contributed by atoms with van der Waals surface area (Å²) in [5.74, 6) is 0. The fourth-order valence-electron chi connectivity index (χ4n) is 5.12. The van der Waals surface area contributed by atoms with Crippen molar-refractivity contribution in [2.45, 2.75) is 181 Å². The quantitative estimate of drug-likeness (QED) is 0.129. The fourth-order valence-corrected chi connectivity index (χ4v) is 5.12. The third-order valence-electron chi connectivity index (χ3n) is 7.47. The zero-order valence-electron chi connectivity index (χ0n) is 23.8. The Morgan fingerprint density at radius 1 is 0.412 bits per heavy atom. The first-order valence-electron chi connectivity index (χ1n) is 15.8. The Morgan fingerprint density at radius 3 is 1.00 bits per heavy atom. The summed E-state index contributed by atoms with van der Waals surface area (Å²) in [5, 5.41) is 0. The van der Waals surface area contributed by atoms with Crippen LogP contribution in [0.3, 0.4) is 0 Å². The molecule has 0 aliphatic rings. The van der Waals surface area contributed by atoms with Crippen LogP contribution in [-0.2, 0) is 19.3 Å². The van der Waals surface area contributed by atoms with Gasteiger partial charge in [-0.05, 0) is 49.8 Å². The van der Waals surface area contributed by atoms with E-state index < -0.39 is 0 Å². The van der Waals surface area contributed by atoms with Crippen LogP contribution in [0.4, 0.5) is 0 Å². The zero-order chi connectivity index (χ0) is 24.5. The van der Waals surface area contributed by atoms with Crippen LogP contribution >= 0.6 is 0 Å². The maximum absolute atomic E-state index is 5.05. The lowest BCUT2D eigenvalue weighted by Gasteiger charge is -2.09. The zero-order valence-corrected chi connectivity index (χ0v) is 23.8. The molecule has 0 fully saturated rings. The monoisotopic (exact) mass is 471 g/mol. The van der Waals surface area contributed by atoms with Gasteiger partial charge < -0.3 is 0 Å². The summed E-state index contributed by atoms with van der Waals surface area (Å²) in [6.07, 6.45) is 34.6. The van der Waals surface area contributed by atoms with Gasteiger partial charge in [-0.25, -0.2) is 0 Å². The smallest absolute Gasteiger partial charge is 0.0409 e. The van der Waals surface area contributed by atoms with E-state index in [-0.39, 0.29) is 0 Å². The molecule has 34 heavy (non-hydrogen) atoms. The standard InChI is InChI=1S/C33H61N/c1-4-7-9-11-13-15-17-19-21-23-25-27-32-29-31(6-3)30-33(34-32)28-26-24-22-20-18-16-14-12-10-8-5-2/h29-30H,4-28H2,1-3H3. The van der Waals surface area contributed by atoms with Gasteiger partial charge in [0.15, 0.2) is 0 Å². The van der Waals surface area contributed by atoms with E-state index in [0.29, 0.717) is 0 Å². The first-order valence-corrected chi connectivity index (χ1v) is 15.8. The molecule has 0 N–H and O–H groups in total. The van der Waals surface area contributed by atoms with Crippen molar-refractivity contribution in [3.63, 3.8) is 0 Å². The van der Waals surface area contributed by atoms with Crippen LogP contribution in [-0.4, -0.2) is 4.98 Å². The van der Waals surface area contributed by atoms with Gasteiger partial charge in [-0.1, -0.05) is 149 Å². The highest BCUT2D eigenvalue weighted by Crippen LogP contribution is 2.16. The van der Waals surface area contributed by atoms with E-state index in [1.807, 2.05) is 0 Å². The van der Waals surface area contributed by atoms with E-state index >= 15 is 0 Å². The SMILES string of the molecule is CCCCCCCCCCCCCc1cc(CC)cc(CCCCCCCCCCCCC)n1. The molecule has 0 spiro atoms. The highest BCUT2D eigenvalue weighted by molar-refractivity contribution is 5.22. The van der Waals surface area contributed by atoms with Gasteiger partial charge in [0.05, 0.1) is 0 Å². The first kappa shape index (κ1) is 31.2. The van der Waals surface area contributed by atoms with Gasteiger partial charge in [-0.3, -0.25) is 4.98 Å². The second-order valence-electron chi connectivity index (χ2n) is 10.9. The Balaban J connectivity index is 2.10. The molecule has 0 unspecified atom stereocenters. The molecule has 0 amide bonds. The van der Waals surface area contributed by atoms with E-state index in [9.17, 15) is 0 Å². The van der Waals surface area contributed by atoms with Crippen LogP contribution in [0.25, 0.3) is 0 Å². The highest BCUT2D eigenvalue weighted by atomic mass is 14.7. The van der Waals surface area contributed by atoms with E-state index in [4.69, 9.17) is 4.98 Å². The summed E-state index contributed by atoms with van der Waals surface area (Å²) >= 11 is 0. The molecule has 0 saturated carbocycles. The lowest BCUT2D eigenvalue weighted by atomic mass is 10.0. The van der Waals surface area contributed by atoms with Crippen molar-refractivity contribution in [1.82, 2.24) is 4.98 Å². The van der Waals surface area contributed by atoms with Gasteiger partial charge >= 0.3 is 0 Å². The predicted molar refractivity (Wildman–Crippen MR) is 154 cm³/mol. The van der Waals surface area contributed by atoms with Crippen molar-refractivity contribution in [3.05, 3.63) is 29.1 Å². The molecule has 1 aromatic rings. The summed E-state index contributed by atoms with van der Waals surface area (Å²) in [6, 6.07) is 4.75. The lowest BCUT2D eigenvalue weighted by Crippen LogP contribution is -1.99. The lowest BCUT2D eigenvalue weighted by molar-refractivity contribution is 0.547. The van der Waals surface area contributed by atoms with Gasteiger partial charge in [-0.15, -0.1) is 0 Å². The number of aromatic nitrogens is 1. The molecule has 0 aromatic carbocycles. The summed E-state index contributed by atoms with van der Waals surface area (Å²) in [4.78, 5) is 5.05. The Labute approximate surface area is 215 Å². The minimum atomic E-state index is 1.14. The van der Waals surface area contributed by atoms with E-state index in [1.54, 1.807) is 0 Å². The number of nitrogens with zero attached hydrogens (tertiary/aromatic N) is 1. The second kappa shape index (κ2) is 23.9. The average molecular weight is 472 g/mol. The van der Waals surface area contributed by atoms with Gasteiger partial charge in [0.25, 0.3) is 0 Å². The summed E-state index contributed by atoms with van der Waals surface area (Å²) in [7, 11) is 0. The molecule has 0 aliphatic heterocycles. The molecule has 1 heterocycles. The second-order valence-corrected chi connectivity index (χ2v) is 10.9. The number of rotatable bonds is 25. The number of pyridine rings is 1. The molecule has 198 valence electrons. The van der Waals surface area contributed by atoms with Crippen LogP contribution in [0.1, 0.15) is 179 Å². The maximum Gasteiger partial charge on any atom is 0.0409 e. The molecular formula is C33H61N. The molecule has 1 heteroatoms.